The van der Waals surface area contributed by atoms with Gasteiger partial charge in [-0.2, -0.15) is 0 Å². The van der Waals surface area contributed by atoms with Crippen molar-refractivity contribution in [3.8, 4) is 0 Å². The van der Waals surface area contributed by atoms with Crippen LogP contribution in [0.5, 0.6) is 0 Å². The molecule has 0 aliphatic carbocycles. The molecule has 2 amide bonds. The second-order valence-electron chi connectivity index (χ2n) is 3.67. The molecule has 1 aromatic carbocycles. The fraction of sp³-hybridized carbons (Fsp3) is 0.273. The van der Waals surface area contributed by atoms with Crippen molar-refractivity contribution in [2.24, 2.45) is 0 Å². The van der Waals surface area contributed by atoms with E-state index in [1.807, 2.05) is 0 Å². The van der Waals surface area contributed by atoms with Gasteiger partial charge in [-0.15, -0.1) is 0 Å². The minimum atomic E-state index is -0.588. The minimum absolute atomic E-state index is 0.0257. The van der Waals surface area contributed by atoms with Gasteiger partial charge in [0.25, 0.3) is 5.91 Å². The number of nitrogens with one attached hydrogen (secondary N) is 1. The number of hydrogen-bond acceptors (Lipinski definition) is 2. The van der Waals surface area contributed by atoms with E-state index in [0.29, 0.717) is 17.6 Å². The molecule has 4 nitrogen and oxygen atoms in total. The molecule has 90 valence electrons. The summed E-state index contributed by atoms with van der Waals surface area (Å²) < 4.78 is 14.0. The summed E-state index contributed by atoms with van der Waals surface area (Å²) in [6.45, 7) is 0.765. The van der Waals surface area contributed by atoms with Gasteiger partial charge in [0.1, 0.15) is 5.82 Å². The molecule has 6 heteroatoms. The lowest BCUT2D eigenvalue weighted by Crippen LogP contribution is -2.50. The van der Waals surface area contributed by atoms with Crippen LogP contribution in [0.15, 0.2) is 22.7 Å². The summed E-state index contributed by atoms with van der Waals surface area (Å²) in [5, 5.41) is 2.61. The van der Waals surface area contributed by atoms with Crippen LogP contribution in [0.4, 0.5) is 4.39 Å². The number of hydrogen-bond donors (Lipinski definition) is 1. The summed E-state index contributed by atoms with van der Waals surface area (Å²) in [4.78, 5) is 24.6. The van der Waals surface area contributed by atoms with Gasteiger partial charge in [0.05, 0.1) is 12.1 Å². The number of halogens is 2. The fourth-order valence-corrected chi connectivity index (χ4v) is 2.18. The molecule has 0 spiro atoms. The highest BCUT2D eigenvalue weighted by molar-refractivity contribution is 9.10. The van der Waals surface area contributed by atoms with Crippen LogP contribution >= 0.6 is 15.9 Å². The third kappa shape index (κ3) is 2.46. The molecule has 0 unspecified atom stereocenters. The molecule has 1 N–H and O–H groups in total. The summed E-state index contributed by atoms with van der Waals surface area (Å²) in [5.74, 6) is -1.28. The van der Waals surface area contributed by atoms with Crippen molar-refractivity contribution in [3.05, 3.63) is 34.1 Å². The zero-order valence-electron chi connectivity index (χ0n) is 8.87. The van der Waals surface area contributed by atoms with Crippen LogP contribution in [0.25, 0.3) is 0 Å². The van der Waals surface area contributed by atoms with Crippen LogP contribution in [-0.4, -0.2) is 36.3 Å². The molecule has 1 aliphatic rings. The Morgan fingerprint density at radius 2 is 2.24 bits per heavy atom. The molecular formula is C11H10BrFN2O2. The normalized spacial score (nSPS) is 15.6. The molecule has 1 saturated heterocycles. The predicted molar refractivity (Wildman–Crippen MR) is 63.0 cm³/mol. The Labute approximate surface area is 106 Å². The average molecular weight is 301 g/mol. The monoisotopic (exact) mass is 300 g/mol. The first-order chi connectivity index (χ1) is 8.09. The first-order valence-corrected chi connectivity index (χ1v) is 5.89. The van der Waals surface area contributed by atoms with E-state index in [-0.39, 0.29) is 18.0 Å². The van der Waals surface area contributed by atoms with Gasteiger partial charge in [0.2, 0.25) is 5.91 Å². The van der Waals surface area contributed by atoms with E-state index in [0.717, 1.165) is 0 Å². The van der Waals surface area contributed by atoms with Crippen molar-refractivity contribution in [3.63, 3.8) is 0 Å². The molecule has 1 aliphatic heterocycles. The van der Waals surface area contributed by atoms with Crippen LogP contribution < -0.4 is 5.32 Å². The van der Waals surface area contributed by atoms with Crippen molar-refractivity contribution >= 4 is 27.7 Å². The topological polar surface area (TPSA) is 49.4 Å². The lowest BCUT2D eigenvalue weighted by Gasteiger charge is -2.27. The Morgan fingerprint density at radius 1 is 1.47 bits per heavy atom. The summed E-state index contributed by atoms with van der Waals surface area (Å²) in [5.41, 5.74) is -0.0257. The lowest BCUT2D eigenvalue weighted by molar-refractivity contribution is -0.123. The largest absolute Gasteiger partial charge is 0.353 e. The molecule has 1 aromatic rings. The minimum Gasteiger partial charge on any atom is -0.353 e. The van der Waals surface area contributed by atoms with Crippen molar-refractivity contribution < 1.29 is 14.0 Å². The van der Waals surface area contributed by atoms with E-state index in [1.165, 1.54) is 17.0 Å². The molecule has 17 heavy (non-hydrogen) atoms. The van der Waals surface area contributed by atoms with Gasteiger partial charge in [-0.25, -0.2) is 4.39 Å². The first-order valence-electron chi connectivity index (χ1n) is 5.09. The van der Waals surface area contributed by atoms with E-state index in [2.05, 4.69) is 21.2 Å². The third-order valence-electron chi connectivity index (χ3n) is 2.50. The van der Waals surface area contributed by atoms with Gasteiger partial charge < -0.3 is 10.2 Å². The number of piperazine rings is 1. The van der Waals surface area contributed by atoms with Crippen molar-refractivity contribution in [2.75, 3.05) is 19.6 Å². The maximum Gasteiger partial charge on any atom is 0.258 e. The fourth-order valence-electron chi connectivity index (χ4n) is 1.67. The Morgan fingerprint density at radius 3 is 2.88 bits per heavy atom. The van der Waals surface area contributed by atoms with E-state index in [1.54, 1.807) is 6.07 Å². The molecule has 2 rings (SSSR count). The molecule has 1 fully saturated rings. The predicted octanol–water partition coefficient (Wildman–Crippen LogP) is 1.16. The molecule has 0 atom stereocenters. The summed E-state index contributed by atoms with van der Waals surface area (Å²) in [6.07, 6.45) is 0. The molecule has 0 aromatic heterocycles. The number of carbonyl (C=O) groups excluding carboxylic acids is 2. The zero-order valence-corrected chi connectivity index (χ0v) is 10.5. The molecule has 0 saturated carbocycles. The second kappa shape index (κ2) is 4.83. The average Bonchev–Trinajstić information content (AvgIpc) is 2.28. The van der Waals surface area contributed by atoms with Crippen LogP contribution in [0.1, 0.15) is 10.4 Å². The lowest BCUT2D eigenvalue weighted by atomic mass is 10.1. The van der Waals surface area contributed by atoms with Crippen molar-refractivity contribution in [1.29, 1.82) is 0 Å². The third-order valence-corrected chi connectivity index (χ3v) is 3.16. The maximum absolute atomic E-state index is 13.6. The van der Waals surface area contributed by atoms with E-state index >= 15 is 0 Å². The van der Waals surface area contributed by atoms with E-state index < -0.39 is 11.7 Å². The Kier molecular flexibility index (Phi) is 3.42. The summed E-state index contributed by atoms with van der Waals surface area (Å²) >= 11 is 3.14. The highest BCUT2D eigenvalue weighted by atomic mass is 79.9. The number of carbonyl (C=O) groups is 2. The van der Waals surface area contributed by atoms with Crippen LogP contribution in [0.2, 0.25) is 0 Å². The quantitative estimate of drug-likeness (QED) is 0.846. The van der Waals surface area contributed by atoms with Crippen LogP contribution in [-0.2, 0) is 4.79 Å². The summed E-state index contributed by atoms with van der Waals surface area (Å²) in [6, 6.07) is 4.33. The molecule has 0 bridgehead atoms. The van der Waals surface area contributed by atoms with E-state index in [4.69, 9.17) is 0 Å². The molecule has 1 heterocycles. The number of amides is 2. The first kappa shape index (κ1) is 12.0. The number of benzene rings is 1. The molecule has 0 radical (unpaired) electrons. The second-order valence-corrected chi connectivity index (χ2v) is 4.53. The highest BCUT2D eigenvalue weighted by Gasteiger charge is 2.25. The van der Waals surface area contributed by atoms with Crippen molar-refractivity contribution in [2.45, 2.75) is 0 Å². The smallest absolute Gasteiger partial charge is 0.258 e. The highest BCUT2D eigenvalue weighted by Crippen LogP contribution is 2.21. The standard InChI is InChI=1S/C11H10BrFN2O2/c12-7-2-1-3-8(13)10(7)11(17)15-5-4-14-9(16)6-15/h1-3H,4-6H2,(H,14,16). The number of rotatable bonds is 1. The van der Waals surface area contributed by atoms with Gasteiger partial charge in [-0.05, 0) is 28.1 Å². The summed E-state index contributed by atoms with van der Waals surface area (Å²) in [7, 11) is 0. The van der Waals surface area contributed by atoms with E-state index in [9.17, 15) is 14.0 Å². The Hall–Kier alpha value is -1.43. The SMILES string of the molecule is O=C1CN(C(=O)c2c(F)cccc2Br)CCN1. The van der Waals surface area contributed by atoms with Gasteiger partial charge >= 0.3 is 0 Å². The zero-order chi connectivity index (χ0) is 12.4. The van der Waals surface area contributed by atoms with Crippen LogP contribution in [0, 0.1) is 5.82 Å². The Balaban J connectivity index is 2.27. The van der Waals surface area contributed by atoms with Gasteiger partial charge in [0, 0.05) is 17.6 Å². The van der Waals surface area contributed by atoms with Gasteiger partial charge in [-0.3, -0.25) is 9.59 Å². The van der Waals surface area contributed by atoms with Gasteiger partial charge in [0.15, 0.2) is 0 Å². The Bertz CT molecular complexity index is 458. The molecular weight excluding hydrogens is 291 g/mol. The van der Waals surface area contributed by atoms with Crippen molar-refractivity contribution in [1.82, 2.24) is 10.2 Å². The van der Waals surface area contributed by atoms with Crippen LogP contribution in [0.3, 0.4) is 0 Å². The van der Waals surface area contributed by atoms with Gasteiger partial charge in [-0.1, -0.05) is 6.07 Å². The number of nitrogens with zero attached hydrogens (tertiary/aromatic N) is 1. The maximum atomic E-state index is 13.6.